The number of methoxy groups -OCH3 is 1. The van der Waals surface area contributed by atoms with Gasteiger partial charge in [0, 0.05) is 11.8 Å². The van der Waals surface area contributed by atoms with Crippen LogP contribution in [0, 0.1) is 0 Å². The number of nitrogens with zero attached hydrogens (tertiary/aromatic N) is 4. The Balaban J connectivity index is 1.88. The van der Waals surface area contributed by atoms with Gasteiger partial charge in [0.1, 0.15) is 11.6 Å². The zero-order chi connectivity index (χ0) is 19.4. The monoisotopic (exact) mass is 406 g/mol. The number of nitrogens with two attached hydrogens (primary N) is 1. The lowest BCUT2D eigenvalue weighted by molar-refractivity contribution is 0.281. The van der Waals surface area contributed by atoms with Crippen molar-refractivity contribution in [1.82, 2.24) is 19.9 Å². The second-order valence-corrected chi connectivity index (χ2v) is 7.16. The second kappa shape index (κ2) is 8.55. The van der Waals surface area contributed by atoms with Crippen LogP contribution in [0.4, 0.5) is 11.6 Å². The maximum absolute atomic E-state index is 9.31. The Morgan fingerprint density at radius 1 is 1.33 bits per heavy atom. The van der Waals surface area contributed by atoms with Crippen LogP contribution < -0.4 is 15.8 Å². The molecule has 3 rings (SSSR count). The Morgan fingerprint density at radius 2 is 2.15 bits per heavy atom. The van der Waals surface area contributed by atoms with E-state index < -0.39 is 0 Å². The standard InChI is InChI=1S/C17H19ClN6O2S/c1-9(7-25)21-15-14-16(22-13(19)6-20-14)24-17(23-15)27-8-10-3-4-12(26-2)11(18)5-10/h3-6,9,25H,7-8H2,1-2H3,(H3,19,21,22,23,24)/t9-/m1/s1. The summed E-state index contributed by atoms with van der Waals surface area (Å²) in [6.07, 6.45) is 1.45. The number of rotatable bonds is 7. The summed E-state index contributed by atoms with van der Waals surface area (Å²) >= 11 is 7.61. The van der Waals surface area contributed by atoms with Crippen molar-refractivity contribution >= 4 is 46.2 Å². The van der Waals surface area contributed by atoms with Gasteiger partial charge in [-0.25, -0.2) is 19.9 Å². The van der Waals surface area contributed by atoms with E-state index in [1.807, 2.05) is 25.1 Å². The van der Waals surface area contributed by atoms with E-state index in [1.165, 1.54) is 18.0 Å². The molecule has 3 aromatic rings. The highest BCUT2D eigenvalue weighted by Crippen LogP contribution is 2.29. The van der Waals surface area contributed by atoms with Crippen molar-refractivity contribution in [3.8, 4) is 5.75 Å². The number of anilines is 2. The number of hydrogen-bond acceptors (Lipinski definition) is 9. The van der Waals surface area contributed by atoms with Gasteiger partial charge in [0.2, 0.25) is 0 Å². The molecule has 0 spiro atoms. The molecule has 0 radical (unpaired) electrons. The van der Waals surface area contributed by atoms with Crippen LogP contribution in [0.2, 0.25) is 5.02 Å². The molecule has 0 amide bonds. The van der Waals surface area contributed by atoms with Crippen LogP contribution in [0.3, 0.4) is 0 Å². The summed E-state index contributed by atoms with van der Waals surface area (Å²) in [5.41, 5.74) is 7.64. The summed E-state index contributed by atoms with van der Waals surface area (Å²) in [7, 11) is 1.58. The Morgan fingerprint density at radius 3 is 2.85 bits per heavy atom. The molecule has 0 saturated heterocycles. The van der Waals surface area contributed by atoms with E-state index in [9.17, 15) is 5.11 Å². The molecule has 0 unspecified atom stereocenters. The third-order valence-corrected chi connectivity index (χ3v) is 4.86. The van der Waals surface area contributed by atoms with Gasteiger partial charge in [-0.1, -0.05) is 29.4 Å². The highest BCUT2D eigenvalue weighted by molar-refractivity contribution is 7.98. The zero-order valence-electron chi connectivity index (χ0n) is 14.8. The molecule has 0 aliphatic carbocycles. The van der Waals surface area contributed by atoms with E-state index in [2.05, 4.69) is 25.3 Å². The molecule has 0 saturated carbocycles. The van der Waals surface area contributed by atoms with Gasteiger partial charge in [-0.3, -0.25) is 0 Å². The average Bonchev–Trinajstić information content (AvgIpc) is 2.66. The summed E-state index contributed by atoms with van der Waals surface area (Å²) in [4.78, 5) is 17.5. The largest absolute Gasteiger partial charge is 0.495 e. The molecule has 2 heterocycles. The fraction of sp³-hybridized carbons (Fsp3) is 0.294. The Hall–Kier alpha value is -2.36. The molecule has 1 atom stereocenters. The van der Waals surface area contributed by atoms with Crippen molar-refractivity contribution in [3.05, 3.63) is 35.0 Å². The molecule has 1 aromatic carbocycles. The quantitative estimate of drug-likeness (QED) is 0.401. The summed E-state index contributed by atoms with van der Waals surface area (Å²) in [5, 5.41) is 13.5. The van der Waals surface area contributed by atoms with Crippen LogP contribution in [0.15, 0.2) is 29.6 Å². The molecule has 4 N–H and O–H groups in total. The van der Waals surface area contributed by atoms with Gasteiger partial charge < -0.3 is 20.9 Å². The lowest BCUT2D eigenvalue weighted by Gasteiger charge is -2.14. The number of aliphatic hydroxyl groups is 1. The molecule has 0 fully saturated rings. The average molecular weight is 407 g/mol. The number of aromatic nitrogens is 4. The molecule has 10 heteroatoms. The van der Waals surface area contributed by atoms with Gasteiger partial charge in [0.25, 0.3) is 0 Å². The molecule has 0 aliphatic rings. The highest BCUT2D eigenvalue weighted by Gasteiger charge is 2.13. The van der Waals surface area contributed by atoms with E-state index in [0.29, 0.717) is 38.7 Å². The van der Waals surface area contributed by atoms with E-state index in [1.54, 1.807) is 7.11 Å². The van der Waals surface area contributed by atoms with Crippen molar-refractivity contribution in [1.29, 1.82) is 0 Å². The third kappa shape index (κ3) is 4.68. The van der Waals surface area contributed by atoms with E-state index >= 15 is 0 Å². The van der Waals surface area contributed by atoms with Crippen molar-refractivity contribution in [2.75, 3.05) is 24.8 Å². The van der Waals surface area contributed by atoms with Crippen LogP contribution in [-0.4, -0.2) is 44.8 Å². The minimum Gasteiger partial charge on any atom is -0.495 e. The van der Waals surface area contributed by atoms with Crippen molar-refractivity contribution in [2.45, 2.75) is 23.9 Å². The molecule has 2 aromatic heterocycles. The minimum absolute atomic E-state index is 0.0410. The van der Waals surface area contributed by atoms with Crippen molar-refractivity contribution in [3.63, 3.8) is 0 Å². The number of nitrogen functional groups attached to an aromatic ring is 1. The predicted molar refractivity (Wildman–Crippen MR) is 107 cm³/mol. The Bertz CT molecular complexity index is 958. The summed E-state index contributed by atoms with van der Waals surface area (Å²) in [5.74, 6) is 2.02. The Labute approximate surface area is 165 Å². The van der Waals surface area contributed by atoms with Crippen LogP contribution in [0.25, 0.3) is 11.2 Å². The first-order valence-electron chi connectivity index (χ1n) is 8.13. The molecular weight excluding hydrogens is 388 g/mol. The van der Waals surface area contributed by atoms with E-state index in [-0.39, 0.29) is 18.5 Å². The Kier molecular flexibility index (Phi) is 6.15. The molecular formula is C17H19ClN6O2S. The molecule has 142 valence electrons. The summed E-state index contributed by atoms with van der Waals surface area (Å²) in [6.45, 7) is 1.80. The lowest BCUT2D eigenvalue weighted by atomic mass is 10.2. The first kappa shape index (κ1) is 19.4. The van der Waals surface area contributed by atoms with Gasteiger partial charge in [0.05, 0.1) is 24.9 Å². The van der Waals surface area contributed by atoms with Gasteiger partial charge in [-0.05, 0) is 24.6 Å². The van der Waals surface area contributed by atoms with Crippen molar-refractivity contribution in [2.24, 2.45) is 0 Å². The molecule has 8 nitrogen and oxygen atoms in total. The lowest BCUT2D eigenvalue weighted by Crippen LogP contribution is -2.21. The summed E-state index contributed by atoms with van der Waals surface area (Å²) < 4.78 is 5.17. The number of thioether (sulfide) groups is 1. The third-order valence-electron chi connectivity index (χ3n) is 3.65. The second-order valence-electron chi connectivity index (χ2n) is 5.81. The van der Waals surface area contributed by atoms with Gasteiger partial charge in [0.15, 0.2) is 22.1 Å². The molecule has 27 heavy (non-hydrogen) atoms. The van der Waals surface area contributed by atoms with Crippen LogP contribution in [0.5, 0.6) is 5.75 Å². The number of aliphatic hydroxyl groups excluding tert-OH is 1. The SMILES string of the molecule is COc1ccc(CSc2nc(N[C@H](C)CO)c3ncc(N)nc3n2)cc1Cl. The van der Waals surface area contributed by atoms with Gasteiger partial charge >= 0.3 is 0 Å². The predicted octanol–water partition coefficient (Wildman–Crippen LogP) is 2.75. The topological polar surface area (TPSA) is 119 Å². The first-order chi connectivity index (χ1) is 13.0. The highest BCUT2D eigenvalue weighted by atomic mass is 35.5. The van der Waals surface area contributed by atoms with Gasteiger partial charge in [-0.2, -0.15) is 0 Å². The number of ether oxygens (including phenoxy) is 1. The van der Waals surface area contributed by atoms with Crippen molar-refractivity contribution < 1.29 is 9.84 Å². The number of benzene rings is 1. The van der Waals surface area contributed by atoms with E-state index in [0.717, 1.165) is 5.56 Å². The maximum Gasteiger partial charge on any atom is 0.192 e. The molecule has 0 bridgehead atoms. The van der Waals surface area contributed by atoms with Gasteiger partial charge in [-0.15, -0.1) is 0 Å². The zero-order valence-corrected chi connectivity index (χ0v) is 16.4. The summed E-state index contributed by atoms with van der Waals surface area (Å²) in [6, 6.07) is 5.41. The number of fused-ring (bicyclic) bond motifs is 1. The van der Waals surface area contributed by atoms with E-state index in [4.69, 9.17) is 22.1 Å². The van der Waals surface area contributed by atoms with Crippen LogP contribution in [-0.2, 0) is 5.75 Å². The number of halogens is 1. The van der Waals surface area contributed by atoms with Crippen LogP contribution >= 0.6 is 23.4 Å². The first-order valence-corrected chi connectivity index (χ1v) is 9.49. The minimum atomic E-state index is -0.194. The fourth-order valence-electron chi connectivity index (χ4n) is 2.29. The number of hydrogen-bond donors (Lipinski definition) is 3. The normalized spacial score (nSPS) is 12.1. The smallest absolute Gasteiger partial charge is 0.192 e. The number of nitrogens with one attached hydrogen (secondary N) is 1. The van der Waals surface area contributed by atoms with Crippen LogP contribution in [0.1, 0.15) is 12.5 Å². The molecule has 0 aliphatic heterocycles. The fourth-order valence-corrected chi connectivity index (χ4v) is 3.36. The maximum atomic E-state index is 9.31.